The fraction of sp³-hybridized carbons (Fsp3) is 0.833. The zero-order valence-electron chi connectivity index (χ0n) is 11.6. The topological polar surface area (TPSA) is 83.4 Å². The number of ether oxygens (including phenoxy) is 2. The number of nitriles is 1. The van der Waals surface area contributed by atoms with Crippen molar-refractivity contribution in [2.45, 2.75) is 38.8 Å². The van der Waals surface area contributed by atoms with Gasteiger partial charge in [0.1, 0.15) is 5.60 Å². The van der Waals surface area contributed by atoms with E-state index in [2.05, 4.69) is 16.7 Å². The summed E-state index contributed by atoms with van der Waals surface area (Å²) in [7, 11) is 1.60. The fourth-order valence-corrected chi connectivity index (χ4v) is 1.18. The molecular formula is C12H23N3O3. The minimum Gasteiger partial charge on any atom is -0.444 e. The number of nitrogens with one attached hydrogen (secondary N) is 2. The van der Waals surface area contributed by atoms with E-state index in [0.717, 1.165) is 0 Å². The maximum Gasteiger partial charge on any atom is 0.407 e. The normalized spacial score (nSPS) is 12.6. The van der Waals surface area contributed by atoms with E-state index in [4.69, 9.17) is 14.7 Å². The molecule has 0 bridgehead atoms. The van der Waals surface area contributed by atoms with E-state index in [1.807, 2.05) is 0 Å². The molecule has 1 unspecified atom stereocenters. The van der Waals surface area contributed by atoms with Gasteiger partial charge in [-0.2, -0.15) is 5.26 Å². The molecule has 0 aromatic rings. The van der Waals surface area contributed by atoms with E-state index in [9.17, 15) is 4.79 Å². The number of carbonyl (C=O) groups excluding carboxylic acids is 1. The Bertz CT molecular complexity index is 281. The number of rotatable bonds is 7. The minimum absolute atomic E-state index is 0.296. The molecule has 0 saturated heterocycles. The number of hydrogen-bond donors (Lipinski definition) is 2. The Labute approximate surface area is 109 Å². The molecule has 0 saturated carbocycles. The van der Waals surface area contributed by atoms with E-state index in [-0.39, 0.29) is 6.04 Å². The van der Waals surface area contributed by atoms with Gasteiger partial charge >= 0.3 is 6.09 Å². The highest BCUT2D eigenvalue weighted by atomic mass is 16.6. The lowest BCUT2D eigenvalue weighted by atomic mass is 10.2. The predicted molar refractivity (Wildman–Crippen MR) is 68.1 cm³/mol. The van der Waals surface area contributed by atoms with Crippen LogP contribution in [0.25, 0.3) is 0 Å². The van der Waals surface area contributed by atoms with Gasteiger partial charge in [-0.1, -0.05) is 0 Å². The van der Waals surface area contributed by atoms with E-state index in [1.165, 1.54) is 0 Å². The second-order valence-electron chi connectivity index (χ2n) is 4.85. The molecule has 0 heterocycles. The Morgan fingerprint density at radius 2 is 2.06 bits per heavy atom. The van der Waals surface area contributed by atoms with Gasteiger partial charge in [-0.05, 0) is 27.2 Å². The van der Waals surface area contributed by atoms with Crippen molar-refractivity contribution in [3.8, 4) is 6.07 Å². The quantitative estimate of drug-likeness (QED) is 0.665. The number of carbonyl (C=O) groups is 1. The Morgan fingerprint density at radius 1 is 1.39 bits per heavy atom. The number of nitrogens with zero attached hydrogens (tertiary/aromatic N) is 1. The van der Waals surface area contributed by atoms with Crippen molar-refractivity contribution in [2.24, 2.45) is 0 Å². The van der Waals surface area contributed by atoms with Gasteiger partial charge in [0.2, 0.25) is 0 Å². The summed E-state index contributed by atoms with van der Waals surface area (Å²) in [5, 5.41) is 14.5. The summed E-state index contributed by atoms with van der Waals surface area (Å²) < 4.78 is 9.95. The van der Waals surface area contributed by atoms with Crippen LogP contribution in [0.1, 0.15) is 27.2 Å². The first-order valence-corrected chi connectivity index (χ1v) is 5.98. The predicted octanol–water partition coefficient (Wildman–Crippen LogP) is 1.03. The molecule has 0 aromatic carbocycles. The van der Waals surface area contributed by atoms with Crippen molar-refractivity contribution in [1.29, 1.82) is 5.26 Å². The second-order valence-corrected chi connectivity index (χ2v) is 4.85. The van der Waals surface area contributed by atoms with Gasteiger partial charge in [0.05, 0.1) is 18.7 Å². The summed E-state index contributed by atoms with van der Waals surface area (Å²) in [6, 6.07) is 1.83. The van der Waals surface area contributed by atoms with Crippen LogP contribution in [0.3, 0.4) is 0 Å². The lowest BCUT2D eigenvalue weighted by Gasteiger charge is -2.20. The van der Waals surface area contributed by atoms with Gasteiger partial charge in [0.15, 0.2) is 0 Å². The first-order chi connectivity index (χ1) is 8.39. The van der Waals surface area contributed by atoms with Crippen molar-refractivity contribution in [1.82, 2.24) is 10.6 Å². The van der Waals surface area contributed by atoms with E-state index < -0.39 is 11.7 Å². The Morgan fingerprint density at radius 3 is 2.56 bits per heavy atom. The molecule has 1 atom stereocenters. The molecule has 0 aliphatic rings. The van der Waals surface area contributed by atoms with Gasteiger partial charge in [0.25, 0.3) is 0 Å². The highest BCUT2D eigenvalue weighted by Gasteiger charge is 2.16. The molecule has 18 heavy (non-hydrogen) atoms. The van der Waals surface area contributed by atoms with Gasteiger partial charge in [-0.3, -0.25) is 5.32 Å². The monoisotopic (exact) mass is 257 g/mol. The molecule has 0 radical (unpaired) electrons. The summed E-state index contributed by atoms with van der Waals surface area (Å²) in [6.45, 7) is 6.97. The molecular weight excluding hydrogens is 234 g/mol. The van der Waals surface area contributed by atoms with Crippen LogP contribution in [0.2, 0.25) is 0 Å². The van der Waals surface area contributed by atoms with Crippen molar-refractivity contribution in [3.63, 3.8) is 0 Å². The maximum absolute atomic E-state index is 11.3. The Kier molecular flexibility index (Phi) is 8.08. The Balaban J connectivity index is 3.74. The van der Waals surface area contributed by atoms with Crippen LogP contribution in [-0.2, 0) is 9.47 Å². The van der Waals surface area contributed by atoms with Crippen LogP contribution in [0.15, 0.2) is 0 Å². The number of methoxy groups -OCH3 is 1. The van der Waals surface area contributed by atoms with Gasteiger partial charge < -0.3 is 14.8 Å². The third kappa shape index (κ3) is 9.87. The largest absolute Gasteiger partial charge is 0.444 e. The van der Waals surface area contributed by atoms with Crippen LogP contribution >= 0.6 is 0 Å². The highest BCUT2D eigenvalue weighted by Crippen LogP contribution is 2.06. The SMILES string of the molecule is COCCNC(C#N)CCNC(=O)OC(C)(C)C. The van der Waals surface area contributed by atoms with Crippen molar-refractivity contribution < 1.29 is 14.3 Å². The summed E-state index contributed by atoms with van der Waals surface area (Å²) in [6.07, 6.45) is 0.0653. The van der Waals surface area contributed by atoms with E-state index in [0.29, 0.717) is 26.1 Å². The molecule has 104 valence electrons. The maximum atomic E-state index is 11.3. The molecule has 2 N–H and O–H groups in total. The molecule has 0 fully saturated rings. The van der Waals surface area contributed by atoms with Crippen LogP contribution in [0, 0.1) is 11.3 Å². The summed E-state index contributed by atoms with van der Waals surface area (Å²) >= 11 is 0. The number of amides is 1. The smallest absolute Gasteiger partial charge is 0.407 e. The molecule has 6 nitrogen and oxygen atoms in total. The van der Waals surface area contributed by atoms with E-state index in [1.54, 1.807) is 27.9 Å². The van der Waals surface area contributed by atoms with Crippen molar-refractivity contribution in [3.05, 3.63) is 0 Å². The summed E-state index contributed by atoms with van der Waals surface area (Å²) in [5.41, 5.74) is -0.505. The molecule has 0 rings (SSSR count). The molecule has 0 aliphatic heterocycles. The zero-order chi connectivity index (χ0) is 14.0. The van der Waals surface area contributed by atoms with Crippen molar-refractivity contribution >= 4 is 6.09 Å². The minimum atomic E-state index is -0.505. The lowest BCUT2D eigenvalue weighted by Crippen LogP contribution is -2.37. The number of alkyl carbamates (subject to hydrolysis) is 1. The van der Waals surface area contributed by atoms with Gasteiger partial charge in [-0.15, -0.1) is 0 Å². The van der Waals surface area contributed by atoms with Crippen LogP contribution in [0.4, 0.5) is 4.79 Å². The zero-order valence-corrected chi connectivity index (χ0v) is 11.6. The van der Waals surface area contributed by atoms with Crippen LogP contribution < -0.4 is 10.6 Å². The number of hydrogen-bond acceptors (Lipinski definition) is 5. The van der Waals surface area contributed by atoms with Gasteiger partial charge in [0, 0.05) is 20.2 Å². The van der Waals surface area contributed by atoms with Gasteiger partial charge in [-0.25, -0.2) is 4.79 Å². The average molecular weight is 257 g/mol. The molecule has 1 amide bonds. The summed E-state index contributed by atoms with van der Waals surface area (Å²) in [5.74, 6) is 0. The molecule has 0 spiro atoms. The fourth-order valence-electron chi connectivity index (χ4n) is 1.18. The second kappa shape index (κ2) is 8.72. The standard InChI is InChI=1S/C12H23N3O3/c1-12(2,3)18-11(16)15-6-5-10(9-13)14-7-8-17-4/h10,14H,5-8H2,1-4H3,(H,15,16). The van der Waals surface area contributed by atoms with Crippen molar-refractivity contribution in [2.75, 3.05) is 26.8 Å². The van der Waals surface area contributed by atoms with Crippen LogP contribution in [0.5, 0.6) is 0 Å². The third-order valence-electron chi connectivity index (χ3n) is 1.95. The molecule has 6 heteroatoms. The third-order valence-corrected chi connectivity index (χ3v) is 1.95. The Hall–Kier alpha value is -1.32. The first kappa shape index (κ1) is 16.7. The van der Waals surface area contributed by atoms with Crippen LogP contribution in [-0.4, -0.2) is 44.5 Å². The van der Waals surface area contributed by atoms with E-state index >= 15 is 0 Å². The lowest BCUT2D eigenvalue weighted by molar-refractivity contribution is 0.0526. The first-order valence-electron chi connectivity index (χ1n) is 5.98. The summed E-state index contributed by atoms with van der Waals surface area (Å²) in [4.78, 5) is 11.3. The molecule has 0 aromatic heterocycles. The molecule has 0 aliphatic carbocycles. The average Bonchev–Trinajstić information content (AvgIpc) is 2.24. The highest BCUT2D eigenvalue weighted by molar-refractivity contribution is 5.67.